The van der Waals surface area contributed by atoms with Gasteiger partial charge in [0, 0.05) is 23.7 Å². The summed E-state index contributed by atoms with van der Waals surface area (Å²) in [6.07, 6.45) is 0.0444. The highest BCUT2D eigenvalue weighted by Gasteiger charge is 2.31. The molecule has 27 heavy (non-hydrogen) atoms. The quantitative estimate of drug-likeness (QED) is 0.587. The van der Waals surface area contributed by atoms with E-state index in [1.807, 2.05) is 74.5 Å². The van der Waals surface area contributed by atoms with E-state index in [2.05, 4.69) is 0 Å². The molecule has 0 fully saturated rings. The predicted octanol–water partition coefficient (Wildman–Crippen LogP) is -1.26. The second kappa shape index (κ2) is 10.6. The van der Waals surface area contributed by atoms with Crippen LogP contribution in [0.5, 0.6) is 0 Å². The molecule has 1 amide bonds. The Kier molecular flexibility index (Phi) is 9.12. The average Bonchev–Trinajstić information content (AvgIpc) is 2.63. The molecular weight excluding hydrogens is 393 g/mol. The normalized spacial score (nSPS) is 11.3. The zero-order valence-corrected chi connectivity index (χ0v) is 16.8. The van der Waals surface area contributed by atoms with Crippen molar-refractivity contribution < 1.29 is 38.2 Å². The molecule has 0 spiro atoms. The number of halogens is 1. The lowest BCUT2D eigenvalue weighted by Gasteiger charge is -2.24. The minimum atomic E-state index is -4.69. The molecule has 0 saturated heterocycles. The van der Waals surface area contributed by atoms with Crippen LogP contribution in [0.3, 0.4) is 0 Å². The fraction of sp³-hybridized carbons (Fsp3) is 0.278. The molecule has 148 valence electrons. The molecule has 7 nitrogen and oxygen atoms in total. The van der Waals surface area contributed by atoms with Crippen LogP contribution in [0.2, 0.25) is 0 Å². The summed E-state index contributed by atoms with van der Waals surface area (Å²) in [6, 6.07) is 18.7. The summed E-state index contributed by atoms with van der Waals surface area (Å²) in [5.41, 5.74) is 0. The van der Waals surface area contributed by atoms with Gasteiger partial charge in [-0.25, -0.2) is 0 Å². The fourth-order valence-electron chi connectivity index (χ4n) is 2.54. The highest BCUT2D eigenvalue weighted by molar-refractivity contribution is 7.79. The van der Waals surface area contributed by atoms with Gasteiger partial charge in [0.1, 0.15) is 0 Å². The molecule has 0 aliphatic heterocycles. The Balaban J connectivity index is 0.000000646. The van der Waals surface area contributed by atoms with E-state index in [-0.39, 0.29) is 12.1 Å². The van der Waals surface area contributed by atoms with Gasteiger partial charge in [-0.2, -0.15) is 14.0 Å². The van der Waals surface area contributed by atoms with Crippen molar-refractivity contribution in [3.63, 3.8) is 0 Å². The van der Waals surface area contributed by atoms with Crippen LogP contribution in [0, 0.1) is 10.2 Å². The molecule has 0 bridgehead atoms. The van der Waals surface area contributed by atoms with Crippen LogP contribution in [0.25, 0.3) is 0 Å². The maximum absolute atomic E-state index is 13.7. The predicted molar refractivity (Wildman–Crippen MR) is 94.8 cm³/mol. The van der Waals surface area contributed by atoms with Gasteiger partial charge in [-0.15, -0.1) is 0 Å². The average molecular weight is 416 g/mol. The molecule has 2 aromatic carbocycles. The lowest BCUT2D eigenvalue weighted by Crippen LogP contribution is -2.58. The summed E-state index contributed by atoms with van der Waals surface area (Å²) >= 11 is 0. The Morgan fingerprint density at radius 3 is 1.56 bits per heavy atom. The summed E-state index contributed by atoms with van der Waals surface area (Å²) in [5, 5.41) is 1.48. The molecule has 0 aliphatic carbocycles. The lowest BCUT2D eigenvalue weighted by atomic mass is 10.4. The standard InChI is InChI=1S/C18H22NO2P.ClHO4/c1-3-19(4-2)18(20)15-22(21,16-11-7-5-8-12-16)17-13-9-6-10-14-17;2-1(3,4)5/h5-14H,3-4,15H2,1-2H3;(H,2,3,4,5). The number of carbonyl (C=O) groups excluding carboxylic acids is 1. The number of nitrogens with zero attached hydrogens (tertiary/aromatic N) is 1. The Bertz CT molecular complexity index is 698. The highest BCUT2D eigenvalue weighted by atomic mass is 35.7. The third-order valence-electron chi connectivity index (χ3n) is 3.82. The van der Waals surface area contributed by atoms with Crippen molar-refractivity contribution in [1.29, 1.82) is 0 Å². The third-order valence-corrected chi connectivity index (χ3v) is 6.80. The van der Waals surface area contributed by atoms with Crippen LogP contribution in [0.4, 0.5) is 0 Å². The van der Waals surface area contributed by atoms with E-state index in [4.69, 9.17) is 18.6 Å². The van der Waals surface area contributed by atoms with Gasteiger partial charge in [-0.1, -0.05) is 60.7 Å². The number of amides is 1. The van der Waals surface area contributed by atoms with E-state index in [0.29, 0.717) is 13.1 Å². The smallest absolute Gasteiger partial charge is 0.230 e. The van der Waals surface area contributed by atoms with E-state index in [1.165, 1.54) is 0 Å². The van der Waals surface area contributed by atoms with Crippen LogP contribution < -0.4 is 24.6 Å². The number of carbonyl (C=O) groups is 1. The van der Waals surface area contributed by atoms with Gasteiger partial charge in [-0.05, 0) is 13.8 Å². The Labute approximate surface area is 161 Å². The zero-order chi connectivity index (χ0) is 20.5. The first-order valence-electron chi connectivity index (χ1n) is 8.23. The topological polar surface area (TPSA) is 127 Å². The van der Waals surface area contributed by atoms with Crippen molar-refractivity contribution in [3.05, 3.63) is 60.7 Å². The molecule has 1 N–H and O–H groups in total. The van der Waals surface area contributed by atoms with Crippen molar-refractivity contribution in [2.45, 2.75) is 13.8 Å². The molecule has 2 rings (SSSR count). The zero-order valence-electron chi connectivity index (χ0n) is 15.2. The summed E-state index contributed by atoms with van der Waals surface area (Å²) in [4.78, 5) is 14.3. The molecule has 0 aliphatic rings. The van der Waals surface area contributed by atoms with Gasteiger partial charge in [0.15, 0.2) is 7.14 Å². The van der Waals surface area contributed by atoms with Gasteiger partial charge < -0.3 is 9.46 Å². The SMILES string of the molecule is CCN(CC)C(=O)CP(=O)(c1ccccc1)c1ccccc1.[O-][Cl+3]([O-])([O-])O. The van der Waals surface area contributed by atoms with E-state index >= 15 is 0 Å². The fourth-order valence-corrected chi connectivity index (χ4v) is 5.09. The lowest BCUT2D eigenvalue weighted by molar-refractivity contribution is -1.92. The van der Waals surface area contributed by atoms with E-state index in [1.54, 1.807) is 4.90 Å². The van der Waals surface area contributed by atoms with Crippen molar-refractivity contribution in [1.82, 2.24) is 4.90 Å². The van der Waals surface area contributed by atoms with Crippen LogP contribution in [0.15, 0.2) is 60.7 Å². The Hall–Kier alpha value is -1.73. The molecular formula is C18H23ClNO6P. The van der Waals surface area contributed by atoms with Crippen molar-refractivity contribution in [3.8, 4) is 0 Å². The second-order valence-corrected chi connectivity index (χ2v) is 9.15. The highest BCUT2D eigenvalue weighted by Crippen LogP contribution is 2.43. The van der Waals surface area contributed by atoms with Crippen molar-refractivity contribution in [2.75, 3.05) is 19.3 Å². The van der Waals surface area contributed by atoms with E-state index < -0.39 is 17.4 Å². The Morgan fingerprint density at radius 1 is 0.926 bits per heavy atom. The maximum atomic E-state index is 13.7. The number of rotatable bonds is 6. The molecule has 2 aromatic rings. The first-order valence-corrected chi connectivity index (χ1v) is 11.4. The first kappa shape index (κ1) is 23.3. The van der Waals surface area contributed by atoms with Crippen LogP contribution in [-0.4, -0.2) is 34.7 Å². The van der Waals surface area contributed by atoms with Crippen LogP contribution >= 0.6 is 7.14 Å². The second-order valence-electron chi connectivity index (χ2n) is 5.53. The van der Waals surface area contributed by atoms with E-state index in [9.17, 15) is 9.36 Å². The third kappa shape index (κ3) is 7.81. The number of benzene rings is 2. The minimum Gasteiger partial charge on any atom is -0.343 e. The largest absolute Gasteiger partial charge is 0.343 e. The maximum Gasteiger partial charge on any atom is 0.230 e. The van der Waals surface area contributed by atoms with Gasteiger partial charge in [0.2, 0.25) is 5.91 Å². The molecule has 9 heteroatoms. The summed E-state index contributed by atoms with van der Waals surface area (Å²) in [7, 11) is -7.65. The monoisotopic (exact) mass is 415 g/mol. The van der Waals surface area contributed by atoms with Crippen LogP contribution in [-0.2, 0) is 9.36 Å². The molecule has 0 heterocycles. The van der Waals surface area contributed by atoms with Crippen molar-refractivity contribution in [2.24, 2.45) is 0 Å². The van der Waals surface area contributed by atoms with Gasteiger partial charge in [0.05, 0.1) is 21.1 Å². The summed E-state index contributed by atoms with van der Waals surface area (Å²) in [5.74, 6) is -0.0546. The minimum absolute atomic E-state index is 0.0444. The number of hydrogen-bond donors (Lipinski definition) is 1. The van der Waals surface area contributed by atoms with Gasteiger partial charge in [-0.3, -0.25) is 4.79 Å². The molecule has 0 saturated carbocycles. The summed E-state index contributed by atoms with van der Waals surface area (Å²) in [6.45, 7) is 5.16. The Morgan fingerprint density at radius 2 is 1.26 bits per heavy atom. The number of hydrogen-bond acceptors (Lipinski definition) is 6. The van der Waals surface area contributed by atoms with E-state index in [0.717, 1.165) is 10.6 Å². The molecule has 0 aromatic heterocycles. The van der Waals surface area contributed by atoms with Crippen molar-refractivity contribution >= 4 is 23.7 Å². The molecule has 0 atom stereocenters. The van der Waals surface area contributed by atoms with Gasteiger partial charge in [0.25, 0.3) is 0 Å². The summed E-state index contributed by atoms with van der Waals surface area (Å²) < 4.78 is 46.4. The molecule has 0 unspecified atom stereocenters. The van der Waals surface area contributed by atoms with Gasteiger partial charge >= 0.3 is 0 Å². The molecule has 0 radical (unpaired) electrons. The first-order chi connectivity index (χ1) is 12.6. The van der Waals surface area contributed by atoms with Crippen LogP contribution in [0.1, 0.15) is 13.8 Å².